The quantitative estimate of drug-likeness (QED) is 0.782. The molecule has 0 aliphatic carbocycles. The van der Waals surface area contributed by atoms with Crippen LogP contribution in [-0.2, 0) is 0 Å². The lowest BCUT2D eigenvalue weighted by Gasteiger charge is -2.08. The summed E-state index contributed by atoms with van der Waals surface area (Å²) >= 11 is 2.16. The minimum Gasteiger partial charge on any atom is -0.352 e. The fourth-order valence-electron chi connectivity index (χ4n) is 1.83. The Kier molecular flexibility index (Phi) is 5.32. The number of hydrogen-bond donors (Lipinski definition) is 2. The van der Waals surface area contributed by atoms with Crippen molar-refractivity contribution in [2.45, 2.75) is 6.92 Å². The molecule has 0 radical (unpaired) electrons. The van der Waals surface area contributed by atoms with Gasteiger partial charge in [0, 0.05) is 26.9 Å². The average Bonchev–Trinajstić information content (AvgIpc) is 2.48. The number of amides is 2. The van der Waals surface area contributed by atoms with E-state index in [1.807, 2.05) is 25.1 Å². The van der Waals surface area contributed by atoms with Crippen LogP contribution in [-0.4, -0.2) is 18.4 Å². The Labute approximate surface area is 137 Å². The van der Waals surface area contributed by atoms with E-state index in [0.717, 1.165) is 3.57 Å². The van der Waals surface area contributed by atoms with Crippen molar-refractivity contribution in [2.24, 2.45) is 0 Å². The molecule has 0 saturated heterocycles. The average molecular weight is 394 g/mol. The summed E-state index contributed by atoms with van der Waals surface area (Å²) in [6.45, 7) is 2.43. The van der Waals surface area contributed by atoms with Crippen LogP contribution in [0.2, 0.25) is 0 Å². The van der Waals surface area contributed by atoms with Gasteiger partial charge in [-0.15, -0.1) is 0 Å². The molecule has 0 heterocycles. The zero-order valence-corrected chi connectivity index (χ0v) is 13.7. The van der Waals surface area contributed by atoms with E-state index in [9.17, 15) is 9.59 Å². The Bertz CT molecular complexity index is 671. The highest BCUT2D eigenvalue weighted by Gasteiger charge is 2.09. The fourth-order valence-corrected chi connectivity index (χ4v) is 2.38. The van der Waals surface area contributed by atoms with Crippen molar-refractivity contribution in [2.75, 3.05) is 11.9 Å². The van der Waals surface area contributed by atoms with Crippen LogP contribution in [0.15, 0.2) is 48.5 Å². The molecule has 0 atom stereocenters. The molecule has 21 heavy (non-hydrogen) atoms. The third kappa shape index (κ3) is 4.29. The molecular weight excluding hydrogens is 379 g/mol. The molecule has 2 aromatic rings. The van der Waals surface area contributed by atoms with E-state index >= 15 is 0 Å². The van der Waals surface area contributed by atoms with Crippen LogP contribution in [0.3, 0.4) is 0 Å². The van der Waals surface area contributed by atoms with Crippen LogP contribution in [0.1, 0.15) is 27.6 Å². The maximum absolute atomic E-state index is 12.2. The SMILES string of the molecule is CCNC(=O)c1cccc(NC(=O)c2cccc(I)c2)c1. The van der Waals surface area contributed by atoms with Crippen molar-refractivity contribution in [1.82, 2.24) is 5.32 Å². The second-order valence-corrected chi connectivity index (χ2v) is 5.65. The number of rotatable bonds is 4. The molecule has 0 aliphatic rings. The summed E-state index contributed by atoms with van der Waals surface area (Å²) in [4.78, 5) is 23.9. The van der Waals surface area contributed by atoms with Crippen molar-refractivity contribution in [3.05, 3.63) is 63.2 Å². The maximum Gasteiger partial charge on any atom is 0.255 e. The highest BCUT2D eigenvalue weighted by molar-refractivity contribution is 14.1. The van der Waals surface area contributed by atoms with Gasteiger partial charge < -0.3 is 10.6 Å². The molecule has 2 amide bonds. The monoisotopic (exact) mass is 394 g/mol. The normalized spacial score (nSPS) is 10.0. The molecule has 0 bridgehead atoms. The van der Waals surface area contributed by atoms with Crippen LogP contribution >= 0.6 is 22.6 Å². The summed E-state index contributed by atoms with van der Waals surface area (Å²) in [6.07, 6.45) is 0. The molecule has 4 nitrogen and oxygen atoms in total. The highest BCUT2D eigenvalue weighted by Crippen LogP contribution is 2.14. The molecule has 2 aromatic carbocycles. The molecular formula is C16H15IN2O2. The third-order valence-corrected chi connectivity index (χ3v) is 3.48. The number of carbonyl (C=O) groups is 2. The Hall–Kier alpha value is -1.89. The van der Waals surface area contributed by atoms with E-state index in [4.69, 9.17) is 0 Å². The first-order valence-corrected chi connectivity index (χ1v) is 7.63. The number of nitrogens with one attached hydrogen (secondary N) is 2. The van der Waals surface area contributed by atoms with Gasteiger partial charge in [-0.3, -0.25) is 9.59 Å². The number of anilines is 1. The van der Waals surface area contributed by atoms with Gasteiger partial charge in [-0.1, -0.05) is 12.1 Å². The molecule has 0 fully saturated rings. The standard InChI is InChI=1S/C16H15IN2O2/c1-2-18-15(20)12-6-4-8-14(10-12)19-16(21)11-5-3-7-13(17)9-11/h3-10H,2H2,1H3,(H,18,20)(H,19,21). The fraction of sp³-hybridized carbons (Fsp3) is 0.125. The smallest absolute Gasteiger partial charge is 0.255 e. The lowest BCUT2D eigenvalue weighted by atomic mass is 10.1. The molecule has 0 saturated carbocycles. The Morgan fingerprint density at radius 2 is 1.67 bits per heavy atom. The van der Waals surface area contributed by atoms with E-state index in [2.05, 4.69) is 33.2 Å². The highest BCUT2D eigenvalue weighted by atomic mass is 127. The van der Waals surface area contributed by atoms with Crippen molar-refractivity contribution < 1.29 is 9.59 Å². The molecule has 2 rings (SSSR count). The minimum atomic E-state index is -0.193. The number of benzene rings is 2. The van der Waals surface area contributed by atoms with Gasteiger partial charge >= 0.3 is 0 Å². The van der Waals surface area contributed by atoms with Crippen LogP contribution in [0, 0.1) is 3.57 Å². The predicted octanol–water partition coefficient (Wildman–Crippen LogP) is 3.29. The first-order chi connectivity index (χ1) is 10.1. The van der Waals surface area contributed by atoms with Crippen LogP contribution in [0.25, 0.3) is 0 Å². The van der Waals surface area contributed by atoms with E-state index < -0.39 is 0 Å². The summed E-state index contributed by atoms with van der Waals surface area (Å²) in [5.41, 5.74) is 1.71. The van der Waals surface area contributed by atoms with Crippen LogP contribution in [0.5, 0.6) is 0 Å². The summed E-state index contributed by atoms with van der Waals surface area (Å²) in [6, 6.07) is 14.2. The van der Waals surface area contributed by atoms with Gasteiger partial charge in [0.25, 0.3) is 11.8 Å². The lowest BCUT2D eigenvalue weighted by Crippen LogP contribution is -2.22. The van der Waals surface area contributed by atoms with Crippen molar-refractivity contribution in [3.8, 4) is 0 Å². The Morgan fingerprint density at radius 1 is 1.00 bits per heavy atom. The minimum absolute atomic E-state index is 0.150. The van der Waals surface area contributed by atoms with Crippen molar-refractivity contribution >= 4 is 40.1 Å². The number of carbonyl (C=O) groups excluding carboxylic acids is 2. The van der Waals surface area contributed by atoms with Gasteiger partial charge in [0.2, 0.25) is 0 Å². The maximum atomic E-state index is 12.2. The summed E-state index contributed by atoms with van der Waals surface area (Å²) < 4.78 is 0.997. The number of halogens is 1. The molecule has 108 valence electrons. The van der Waals surface area contributed by atoms with Gasteiger partial charge in [-0.05, 0) is 65.9 Å². The third-order valence-electron chi connectivity index (χ3n) is 2.81. The molecule has 0 unspecified atom stereocenters. The molecule has 5 heteroatoms. The first-order valence-electron chi connectivity index (χ1n) is 6.55. The molecule has 0 aromatic heterocycles. The van der Waals surface area contributed by atoms with Crippen molar-refractivity contribution in [1.29, 1.82) is 0 Å². The zero-order chi connectivity index (χ0) is 15.2. The van der Waals surface area contributed by atoms with E-state index in [-0.39, 0.29) is 11.8 Å². The van der Waals surface area contributed by atoms with Crippen LogP contribution in [0.4, 0.5) is 5.69 Å². The van der Waals surface area contributed by atoms with Gasteiger partial charge in [-0.25, -0.2) is 0 Å². The van der Waals surface area contributed by atoms with Crippen LogP contribution < -0.4 is 10.6 Å². The van der Waals surface area contributed by atoms with Gasteiger partial charge in [0.1, 0.15) is 0 Å². The molecule has 0 aliphatic heterocycles. The Balaban J connectivity index is 2.14. The van der Waals surface area contributed by atoms with E-state index in [0.29, 0.717) is 23.4 Å². The predicted molar refractivity (Wildman–Crippen MR) is 91.6 cm³/mol. The summed E-state index contributed by atoms with van der Waals surface area (Å²) in [5, 5.41) is 5.53. The number of hydrogen-bond acceptors (Lipinski definition) is 2. The second-order valence-electron chi connectivity index (χ2n) is 4.40. The lowest BCUT2D eigenvalue weighted by molar-refractivity contribution is 0.0954. The van der Waals surface area contributed by atoms with Gasteiger partial charge in [0.05, 0.1) is 0 Å². The first kappa shape index (κ1) is 15.5. The van der Waals surface area contributed by atoms with E-state index in [1.54, 1.807) is 30.3 Å². The van der Waals surface area contributed by atoms with E-state index in [1.165, 1.54) is 0 Å². The second kappa shape index (κ2) is 7.21. The Morgan fingerprint density at radius 3 is 2.33 bits per heavy atom. The van der Waals surface area contributed by atoms with Crippen molar-refractivity contribution in [3.63, 3.8) is 0 Å². The summed E-state index contributed by atoms with van der Waals surface area (Å²) in [5.74, 6) is -0.343. The molecule has 2 N–H and O–H groups in total. The topological polar surface area (TPSA) is 58.2 Å². The van der Waals surface area contributed by atoms with Gasteiger partial charge in [-0.2, -0.15) is 0 Å². The largest absolute Gasteiger partial charge is 0.352 e. The zero-order valence-electron chi connectivity index (χ0n) is 11.5. The summed E-state index contributed by atoms with van der Waals surface area (Å²) in [7, 11) is 0. The van der Waals surface area contributed by atoms with Gasteiger partial charge in [0.15, 0.2) is 0 Å². The molecule has 0 spiro atoms.